The third kappa shape index (κ3) is 4.91. The maximum absolute atomic E-state index is 12.7. The van der Waals surface area contributed by atoms with E-state index in [4.69, 9.17) is 0 Å². The number of carbonyl (C=O) groups is 1. The van der Waals surface area contributed by atoms with Gasteiger partial charge >= 0.3 is 0 Å². The fourth-order valence-electron chi connectivity index (χ4n) is 3.70. The normalized spacial score (nSPS) is 16.6. The standard InChI is InChI=1S/C23H32N4O/c1-18-7-5-6-8-21(18)23(28)24-17-22(27-15-13-26(4)14-16-27)19-9-11-20(12-10-19)25(2)3/h5-12,22H,13-17H2,1-4H3,(H,24,28)/t22-/m1/s1. The average molecular weight is 381 g/mol. The average Bonchev–Trinajstić information content (AvgIpc) is 2.70. The molecular weight excluding hydrogens is 348 g/mol. The zero-order valence-electron chi connectivity index (χ0n) is 17.5. The van der Waals surface area contributed by atoms with Crippen LogP contribution < -0.4 is 10.2 Å². The van der Waals surface area contributed by atoms with E-state index < -0.39 is 0 Å². The summed E-state index contributed by atoms with van der Waals surface area (Å²) in [6, 6.07) is 16.6. The van der Waals surface area contributed by atoms with Gasteiger partial charge in [0, 0.05) is 58.1 Å². The lowest BCUT2D eigenvalue weighted by Gasteiger charge is -2.38. The number of nitrogens with one attached hydrogen (secondary N) is 1. The molecule has 5 nitrogen and oxygen atoms in total. The highest BCUT2D eigenvalue weighted by Crippen LogP contribution is 2.24. The topological polar surface area (TPSA) is 38.8 Å². The number of aryl methyl sites for hydroxylation is 1. The van der Waals surface area contributed by atoms with Gasteiger partial charge in [0.25, 0.3) is 5.91 Å². The van der Waals surface area contributed by atoms with E-state index in [2.05, 4.69) is 65.4 Å². The fourth-order valence-corrected chi connectivity index (χ4v) is 3.70. The first-order valence-electron chi connectivity index (χ1n) is 9.99. The molecule has 0 radical (unpaired) electrons. The number of amides is 1. The summed E-state index contributed by atoms with van der Waals surface area (Å²) < 4.78 is 0. The summed E-state index contributed by atoms with van der Waals surface area (Å²) in [6.07, 6.45) is 0. The highest BCUT2D eigenvalue weighted by Gasteiger charge is 2.24. The Morgan fingerprint density at radius 3 is 2.29 bits per heavy atom. The second-order valence-corrected chi connectivity index (χ2v) is 7.87. The summed E-state index contributed by atoms with van der Waals surface area (Å²) in [7, 11) is 6.27. The Morgan fingerprint density at radius 2 is 1.68 bits per heavy atom. The number of carbonyl (C=O) groups excluding carboxylic acids is 1. The van der Waals surface area contributed by atoms with Crippen molar-refractivity contribution in [2.75, 3.05) is 58.8 Å². The van der Waals surface area contributed by atoms with Crippen molar-refractivity contribution >= 4 is 11.6 Å². The number of hydrogen-bond acceptors (Lipinski definition) is 4. The number of hydrogen-bond donors (Lipinski definition) is 1. The molecule has 0 aromatic heterocycles. The highest BCUT2D eigenvalue weighted by atomic mass is 16.1. The van der Waals surface area contributed by atoms with Gasteiger partial charge in [-0.2, -0.15) is 0 Å². The maximum Gasteiger partial charge on any atom is 0.251 e. The van der Waals surface area contributed by atoms with Crippen LogP contribution in [0, 0.1) is 6.92 Å². The largest absolute Gasteiger partial charge is 0.378 e. The lowest BCUT2D eigenvalue weighted by atomic mass is 10.0. The van der Waals surface area contributed by atoms with Gasteiger partial charge in [-0.1, -0.05) is 30.3 Å². The summed E-state index contributed by atoms with van der Waals surface area (Å²) in [4.78, 5) is 19.7. The van der Waals surface area contributed by atoms with Gasteiger partial charge in [0.15, 0.2) is 0 Å². The molecule has 1 heterocycles. The second-order valence-electron chi connectivity index (χ2n) is 7.87. The molecule has 0 bridgehead atoms. The predicted molar refractivity (Wildman–Crippen MR) is 116 cm³/mol. The van der Waals surface area contributed by atoms with Gasteiger partial charge in [-0.3, -0.25) is 9.69 Å². The smallest absolute Gasteiger partial charge is 0.251 e. The number of rotatable bonds is 6. The van der Waals surface area contributed by atoms with Crippen LogP contribution in [-0.4, -0.2) is 69.6 Å². The van der Waals surface area contributed by atoms with Gasteiger partial charge in [0.1, 0.15) is 0 Å². The van der Waals surface area contributed by atoms with Crippen molar-refractivity contribution in [1.82, 2.24) is 15.1 Å². The highest BCUT2D eigenvalue weighted by molar-refractivity contribution is 5.95. The van der Waals surface area contributed by atoms with Gasteiger partial charge in [0.2, 0.25) is 0 Å². The first kappa shape index (κ1) is 20.4. The van der Waals surface area contributed by atoms with E-state index in [-0.39, 0.29) is 11.9 Å². The Bertz CT molecular complexity index is 779. The first-order valence-corrected chi connectivity index (χ1v) is 9.99. The number of piperazine rings is 1. The van der Waals surface area contributed by atoms with Gasteiger partial charge in [-0.05, 0) is 43.3 Å². The molecule has 1 fully saturated rings. The van der Waals surface area contributed by atoms with Crippen LogP contribution in [0.15, 0.2) is 48.5 Å². The van der Waals surface area contributed by atoms with Crippen molar-refractivity contribution in [3.05, 3.63) is 65.2 Å². The molecular formula is C23H32N4O. The van der Waals surface area contributed by atoms with Crippen LogP contribution in [0.25, 0.3) is 0 Å². The van der Waals surface area contributed by atoms with E-state index in [0.29, 0.717) is 6.54 Å². The number of likely N-dealkylation sites (N-methyl/N-ethyl adjacent to an activating group) is 1. The molecule has 0 unspecified atom stereocenters. The van der Waals surface area contributed by atoms with Crippen molar-refractivity contribution in [3.63, 3.8) is 0 Å². The minimum Gasteiger partial charge on any atom is -0.378 e. The molecule has 0 aliphatic carbocycles. The Hall–Kier alpha value is -2.37. The lowest BCUT2D eigenvalue weighted by molar-refractivity contribution is 0.0885. The minimum absolute atomic E-state index is 0.00198. The Morgan fingerprint density at radius 1 is 1.04 bits per heavy atom. The molecule has 1 atom stereocenters. The van der Waals surface area contributed by atoms with E-state index in [1.807, 2.05) is 31.2 Å². The van der Waals surface area contributed by atoms with Gasteiger partial charge in [0.05, 0.1) is 6.04 Å². The lowest BCUT2D eigenvalue weighted by Crippen LogP contribution is -2.48. The van der Waals surface area contributed by atoms with Gasteiger partial charge < -0.3 is 15.1 Å². The van der Waals surface area contributed by atoms with E-state index >= 15 is 0 Å². The molecule has 1 N–H and O–H groups in total. The van der Waals surface area contributed by atoms with Crippen LogP contribution >= 0.6 is 0 Å². The molecule has 28 heavy (non-hydrogen) atoms. The molecule has 1 aliphatic heterocycles. The molecule has 3 rings (SSSR count). The predicted octanol–water partition coefficient (Wildman–Crippen LogP) is 2.78. The zero-order chi connectivity index (χ0) is 20.1. The van der Waals surface area contributed by atoms with E-state index in [0.717, 1.165) is 37.3 Å². The summed E-state index contributed by atoms with van der Waals surface area (Å²) >= 11 is 0. The van der Waals surface area contributed by atoms with Crippen LogP contribution in [0.1, 0.15) is 27.5 Å². The van der Waals surface area contributed by atoms with Crippen molar-refractivity contribution < 1.29 is 4.79 Å². The molecule has 0 spiro atoms. The minimum atomic E-state index is 0.00198. The molecule has 1 saturated heterocycles. The SMILES string of the molecule is Cc1ccccc1C(=O)NC[C@H](c1ccc(N(C)C)cc1)N1CCN(C)CC1. The van der Waals surface area contributed by atoms with E-state index in [9.17, 15) is 4.79 Å². The third-order valence-corrected chi connectivity index (χ3v) is 5.62. The zero-order valence-corrected chi connectivity index (χ0v) is 17.5. The maximum atomic E-state index is 12.7. The van der Waals surface area contributed by atoms with E-state index in [1.54, 1.807) is 0 Å². The Labute approximate surface area is 168 Å². The number of benzene rings is 2. The van der Waals surface area contributed by atoms with Crippen LogP contribution in [0.2, 0.25) is 0 Å². The Balaban J connectivity index is 1.76. The summed E-state index contributed by atoms with van der Waals surface area (Å²) in [5, 5.41) is 3.18. The van der Waals surface area contributed by atoms with Crippen molar-refractivity contribution in [1.29, 1.82) is 0 Å². The molecule has 1 amide bonds. The van der Waals surface area contributed by atoms with Crippen molar-refractivity contribution in [2.24, 2.45) is 0 Å². The summed E-state index contributed by atoms with van der Waals surface area (Å²) in [5.41, 5.74) is 4.19. The quantitative estimate of drug-likeness (QED) is 0.836. The van der Waals surface area contributed by atoms with Crippen molar-refractivity contribution in [2.45, 2.75) is 13.0 Å². The molecule has 2 aromatic rings. The summed E-state index contributed by atoms with van der Waals surface area (Å²) in [5.74, 6) is 0.00198. The van der Waals surface area contributed by atoms with Crippen LogP contribution in [0.4, 0.5) is 5.69 Å². The number of nitrogens with zero attached hydrogens (tertiary/aromatic N) is 3. The molecule has 0 saturated carbocycles. The van der Waals surface area contributed by atoms with Crippen LogP contribution in [-0.2, 0) is 0 Å². The molecule has 5 heteroatoms. The number of anilines is 1. The third-order valence-electron chi connectivity index (χ3n) is 5.62. The van der Waals surface area contributed by atoms with Gasteiger partial charge in [-0.25, -0.2) is 0 Å². The summed E-state index contributed by atoms with van der Waals surface area (Å²) in [6.45, 7) is 6.72. The van der Waals surface area contributed by atoms with Crippen molar-refractivity contribution in [3.8, 4) is 0 Å². The fraction of sp³-hybridized carbons (Fsp3) is 0.435. The second kappa shape index (κ2) is 9.22. The molecule has 1 aliphatic rings. The monoisotopic (exact) mass is 380 g/mol. The first-order chi connectivity index (χ1) is 13.5. The van der Waals surface area contributed by atoms with Crippen LogP contribution in [0.5, 0.6) is 0 Å². The molecule has 150 valence electrons. The van der Waals surface area contributed by atoms with Gasteiger partial charge in [-0.15, -0.1) is 0 Å². The molecule has 2 aromatic carbocycles. The van der Waals surface area contributed by atoms with Crippen LogP contribution in [0.3, 0.4) is 0 Å². The Kier molecular flexibility index (Phi) is 6.70. The van der Waals surface area contributed by atoms with E-state index in [1.165, 1.54) is 11.3 Å².